The van der Waals surface area contributed by atoms with Crippen LogP contribution in [0.25, 0.3) is 0 Å². The molecule has 1 aliphatic heterocycles. The Morgan fingerprint density at radius 1 is 1.39 bits per heavy atom. The molecule has 9 heteroatoms. The van der Waals surface area contributed by atoms with Gasteiger partial charge in [-0.05, 0) is 53.3 Å². The number of pyridine rings is 1. The molecule has 7 nitrogen and oxygen atoms in total. The molecular weight excluding hydrogens is 542 g/mol. The van der Waals surface area contributed by atoms with E-state index in [9.17, 15) is 4.79 Å². The van der Waals surface area contributed by atoms with Gasteiger partial charge >= 0.3 is 5.97 Å². The summed E-state index contributed by atoms with van der Waals surface area (Å²) in [5.41, 5.74) is -0.286. The molecule has 3 unspecified atom stereocenters. The predicted octanol–water partition coefficient (Wildman–Crippen LogP) is 7.01. The van der Waals surface area contributed by atoms with E-state index in [-0.39, 0.29) is 11.1 Å². The lowest BCUT2D eigenvalue weighted by atomic mass is 9.70. The minimum absolute atomic E-state index is 0.0506. The van der Waals surface area contributed by atoms with Gasteiger partial charge in [-0.15, -0.1) is 6.58 Å². The highest BCUT2D eigenvalue weighted by Crippen LogP contribution is 2.52. The fourth-order valence-electron chi connectivity index (χ4n) is 4.16. The van der Waals surface area contributed by atoms with E-state index in [1.807, 2.05) is 6.08 Å². The average molecular weight is 587 g/mol. The maximum Gasteiger partial charge on any atom is 0.303 e. The summed E-state index contributed by atoms with van der Waals surface area (Å²) in [7, 11) is -0.482. The number of aromatic nitrogens is 1. The zero-order valence-electron chi connectivity index (χ0n) is 23.2. The summed E-state index contributed by atoms with van der Waals surface area (Å²) < 4.78 is 31.5. The second-order valence-corrected chi connectivity index (χ2v) is 16.6. The van der Waals surface area contributed by atoms with Gasteiger partial charge in [-0.3, -0.25) is 9.78 Å². The number of esters is 1. The summed E-state index contributed by atoms with van der Waals surface area (Å²) in [4.78, 5) is 17.1. The average Bonchev–Trinajstić information content (AvgIpc) is 2.81. The number of hydrogen-bond acceptors (Lipinski definition) is 7. The van der Waals surface area contributed by atoms with E-state index in [4.69, 9.17) is 23.4 Å². The normalized spacial score (nSPS) is 21.5. The Morgan fingerprint density at radius 2 is 2.08 bits per heavy atom. The number of hydrogen-bond donors (Lipinski definition) is 0. The Kier molecular flexibility index (Phi) is 11.0. The number of carbonyl (C=O) groups is 1. The first-order chi connectivity index (χ1) is 16.8. The number of rotatable bonds is 12. The lowest BCUT2D eigenvalue weighted by molar-refractivity contribution is -0.172. The van der Waals surface area contributed by atoms with Gasteiger partial charge in [-0.1, -0.05) is 40.2 Å². The highest BCUT2D eigenvalue weighted by atomic mass is 79.9. The molecule has 0 saturated carbocycles. The van der Waals surface area contributed by atoms with E-state index in [0.29, 0.717) is 47.9 Å². The van der Waals surface area contributed by atoms with Gasteiger partial charge in [0, 0.05) is 19.7 Å². The van der Waals surface area contributed by atoms with Crippen molar-refractivity contribution in [3.63, 3.8) is 0 Å². The van der Waals surface area contributed by atoms with Gasteiger partial charge in [0.2, 0.25) is 0 Å². The zero-order valence-corrected chi connectivity index (χ0v) is 25.8. The maximum atomic E-state index is 12.4. The first kappa shape index (κ1) is 30.8. The molecule has 36 heavy (non-hydrogen) atoms. The molecular formula is C27H44BrNO6Si. The molecule has 204 valence electrons. The highest BCUT2D eigenvalue weighted by Gasteiger charge is 2.51. The third kappa shape index (κ3) is 6.91. The molecule has 2 heterocycles. The Morgan fingerprint density at radius 3 is 2.64 bits per heavy atom. The quantitative estimate of drug-likeness (QED) is 0.113. The van der Waals surface area contributed by atoms with Crippen molar-refractivity contribution in [2.45, 2.75) is 90.6 Å². The second kappa shape index (κ2) is 12.9. The summed E-state index contributed by atoms with van der Waals surface area (Å²) in [6.45, 7) is 20.3. The topological polar surface area (TPSA) is 76.1 Å². The van der Waals surface area contributed by atoms with Crippen molar-refractivity contribution >= 4 is 30.2 Å². The van der Waals surface area contributed by atoms with Gasteiger partial charge in [-0.2, -0.15) is 0 Å². The Balaban J connectivity index is 2.59. The van der Waals surface area contributed by atoms with Gasteiger partial charge in [0.05, 0.1) is 36.3 Å². The van der Waals surface area contributed by atoms with Crippen LogP contribution in [-0.2, 0) is 18.7 Å². The van der Waals surface area contributed by atoms with Crippen LogP contribution in [0.1, 0.15) is 72.1 Å². The van der Waals surface area contributed by atoms with Gasteiger partial charge in [0.25, 0.3) is 0 Å². The van der Waals surface area contributed by atoms with Crippen LogP contribution in [-0.4, -0.2) is 52.3 Å². The van der Waals surface area contributed by atoms with Crippen molar-refractivity contribution in [2.75, 3.05) is 26.9 Å². The first-order valence-electron chi connectivity index (χ1n) is 12.8. The number of methoxy groups -OCH3 is 1. The molecule has 1 saturated heterocycles. The van der Waals surface area contributed by atoms with Crippen LogP contribution in [0.3, 0.4) is 0 Å². The van der Waals surface area contributed by atoms with Crippen molar-refractivity contribution in [3.05, 3.63) is 29.0 Å². The third-order valence-electron chi connectivity index (χ3n) is 7.40. The smallest absolute Gasteiger partial charge is 0.303 e. The van der Waals surface area contributed by atoms with E-state index < -0.39 is 25.8 Å². The molecule has 1 aromatic rings. The van der Waals surface area contributed by atoms with Crippen LogP contribution in [0, 0.1) is 5.41 Å². The molecule has 1 fully saturated rings. The molecule has 1 aliphatic rings. The SMILES string of the molecule is C=CC1(C(OC(C)=O)c2ncc(Br)c(OCCCC)c2OC)CCCOC1CO[Si](C)(C)C(C)(C)C. The number of carbonyl (C=O) groups excluding carboxylic acids is 1. The van der Waals surface area contributed by atoms with E-state index in [0.717, 1.165) is 19.3 Å². The lowest BCUT2D eigenvalue weighted by Gasteiger charge is -2.47. The minimum Gasteiger partial charge on any atom is -0.491 e. The molecule has 2 rings (SSSR count). The van der Waals surface area contributed by atoms with Crippen LogP contribution >= 0.6 is 15.9 Å². The van der Waals surface area contributed by atoms with Crippen molar-refractivity contribution < 1.29 is 28.2 Å². The third-order valence-corrected chi connectivity index (χ3v) is 12.5. The van der Waals surface area contributed by atoms with Crippen molar-refractivity contribution in [2.24, 2.45) is 5.41 Å². The van der Waals surface area contributed by atoms with Crippen LogP contribution < -0.4 is 9.47 Å². The van der Waals surface area contributed by atoms with Crippen molar-refractivity contribution in [1.82, 2.24) is 4.98 Å². The maximum absolute atomic E-state index is 12.4. The molecule has 0 aliphatic carbocycles. The number of nitrogens with zero attached hydrogens (tertiary/aromatic N) is 1. The molecule has 1 aromatic heterocycles. The van der Waals surface area contributed by atoms with Crippen LogP contribution in [0.5, 0.6) is 11.5 Å². The first-order valence-corrected chi connectivity index (χ1v) is 16.5. The monoisotopic (exact) mass is 585 g/mol. The summed E-state index contributed by atoms with van der Waals surface area (Å²) in [6.07, 6.45) is 5.74. The van der Waals surface area contributed by atoms with Gasteiger partial charge < -0.3 is 23.4 Å². The van der Waals surface area contributed by atoms with Crippen molar-refractivity contribution in [3.8, 4) is 11.5 Å². The van der Waals surface area contributed by atoms with E-state index in [1.54, 1.807) is 13.3 Å². The molecule has 3 atom stereocenters. The molecule has 0 spiro atoms. The van der Waals surface area contributed by atoms with Gasteiger partial charge in [-0.25, -0.2) is 0 Å². The fourth-order valence-corrected chi connectivity index (χ4v) is 5.55. The lowest BCUT2D eigenvalue weighted by Crippen LogP contribution is -2.51. The largest absolute Gasteiger partial charge is 0.491 e. The number of ether oxygens (including phenoxy) is 4. The predicted molar refractivity (Wildman–Crippen MR) is 148 cm³/mol. The van der Waals surface area contributed by atoms with Crippen LogP contribution in [0.15, 0.2) is 23.3 Å². The van der Waals surface area contributed by atoms with Gasteiger partial charge in [0.1, 0.15) is 5.69 Å². The van der Waals surface area contributed by atoms with Crippen LogP contribution in [0.2, 0.25) is 18.1 Å². The molecule has 0 bridgehead atoms. The Hall–Kier alpha value is -1.42. The number of halogens is 1. The fraction of sp³-hybridized carbons (Fsp3) is 0.704. The Bertz CT molecular complexity index is 903. The van der Waals surface area contributed by atoms with E-state index in [1.165, 1.54) is 6.92 Å². The summed E-state index contributed by atoms with van der Waals surface area (Å²) in [5, 5.41) is 0.0506. The van der Waals surface area contributed by atoms with E-state index >= 15 is 0 Å². The molecule has 0 aromatic carbocycles. The minimum atomic E-state index is -2.05. The molecule has 0 radical (unpaired) electrons. The summed E-state index contributed by atoms with van der Waals surface area (Å²) in [6, 6.07) is 0. The highest BCUT2D eigenvalue weighted by molar-refractivity contribution is 9.10. The Labute approximate surface area is 226 Å². The second-order valence-electron chi connectivity index (χ2n) is 10.9. The molecule has 0 N–H and O–H groups in total. The number of unbranched alkanes of at least 4 members (excludes halogenated alkanes) is 1. The zero-order chi connectivity index (χ0) is 27.1. The van der Waals surface area contributed by atoms with Gasteiger partial charge in [0.15, 0.2) is 25.9 Å². The van der Waals surface area contributed by atoms with Crippen molar-refractivity contribution in [1.29, 1.82) is 0 Å². The summed E-state index contributed by atoms with van der Waals surface area (Å²) in [5.74, 6) is 0.553. The standard InChI is InChI=1S/C27H44BrNO6Si/c1-10-12-15-33-23-20(28)17-29-22(24(23)31-7)25(35-19(3)30)27(11-2)14-13-16-32-21(27)18-34-36(8,9)26(4,5)6/h11,17,21,25H,2,10,12-16,18H2,1,3-9H3. The molecule has 0 amide bonds. The van der Waals surface area contributed by atoms with Crippen LogP contribution in [0.4, 0.5) is 0 Å². The summed E-state index contributed by atoms with van der Waals surface area (Å²) >= 11 is 3.54. The van der Waals surface area contributed by atoms with E-state index in [2.05, 4.69) is 68.3 Å².